The Labute approximate surface area is 83.6 Å². The van der Waals surface area contributed by atoms with Crippen LogP contribution in [0, 0.1) is 12.8 Å². The van der Waals surface area contributed by atoms with E-state index in [0.29, 0.717) is 12.5 Å². The molecule has 76 valence electrons. The predicted octanol–water partition coefficient (Wildman–Crippen LogP) is 0.602. The minimum absolute atomic E-state index is 0.251. The van der Waals surface area contributed by atoms with Crippen LogP contribution in [-0.4, -0.2) is 34.3 Å². The zero-order valence-corrected chi connectivity index (χ0v) is 8.51. The van der Waals surface area contributed by atoms with Crippen molar-refractivity contribution in [2.45, 2.75) is 20.0 Å². The minimum atomic E-state index is -0.251. The van der Waals surface area contributed by atoms with Crippen LogP contribution in [0.25, 0.3) is 0 Å². The van der Waals surface area contributed by atoms with E-state index in [4.69, 9.17) is 0 Å². The van der Waals surface area contributed by atoms with Gasteiger partial charge in [-0.25, -0.2) is 9.97 Å². The van der Waals surface area contributed by atoms with Gasteiger partial charge in [0, 0.05) is 30.9 Å². The second-order valence-electron chi connectivity index (χ2n) is 3.95. The molecule has 1 aliphatic rings. The summed E-state index contributed by atoms with van der Waals surface area (Å²) in [7, 11) is 0. The van der Waals surface area contributed by atoms with Gasteiger partial charge < -0.3 is 10.0 Å². The molecule has 0 aromatic carbocycles. The van der Waals surface area contributed by atoms with Crippen LogP contribution in [0.5, 0.6) is 0 Å². The summed E-state index contributed by atoms with van der Waals surface area (Å²) >= 11 is 0. The third-order valence-electron chi connectivity index (χ3n) is 2.64. The molecule has 1 saturated heterocycles. The van der Waals surface area contributed by atoms with Crippen LogP contribution in [0.3, 0.4) is 0 Å². The van der Waals surface area contributed by atoms with E-state index in [1.54, 1.807) is 6.20 Å². The molecule has 0 spiro atoms. The largest absolute Gasteiger partial charge is 0.391 e. The Morgan fingerprint density at radius 1 is 1.50 bits per heavy atom. The average Bonchev–Trinajstić information content (AvgIpc) is 2.47. The molecule has 2 atom stereocenters. The Bertz CT molecular complexity index is 319. The minimum Gasteiger partial charge on any atom is -0.391 e. The molecule has 0 saturated carbocycles. The van der Waals surface area contributed by atoms with Crippen molar-refractivity contribution in [1.82, 2.24) is 9.97 Å². The number of hydrogen-bond acceptors (Lipinski definition) is 4. The fraction of sp³-hybridized carbons (Fsp3) is 0.600. The lowest BCUT2D eigenvalue weighted by molar-refractivity contribution is 0.157. The normalized spacial score (nSPS) is 26.9. The van der Waals surface area contributed by atoms with Gasteiger partial charge in [-0.05, 0) is 13.0 Å². The van der Waals surface area contributed by atoms with Crippen molar-refractivity contribution >= 4 is 5.95 Å². The van der Waals surface area contributed by atoms with Crippen LogP contribution in [0.4, 0.5) is 5.95 Å². The quantitative estimate of drug-likeness (QED) is 0.709. The number of aromatic nitrogens is 2. The highest BCUT2D eigenvalue weighted by atomic mass is 16.3. The van der Waals surface area contributed by atoms with Crippen LogP contribution in [-0.2, 0) is 0 Å². The van der Waals surface area contributed by atoms with Crippen molar-refractivity contribution in [3.05, 3.63) is 18.0 Å². The summed E-state index contributed by atoms with van der Waals surface area (Å²) in [5.41, 5.74) is 0.962. The Morgan fingerprint density at radius 2 is 2.29 bits per heavy atom. The number of hydrogen-bond donors (Lipinski definition) is 1. The van der Waals surface area contributed by atoms with Gasteiger partial charge in [-0.1, -0.05) is 6.92 Å². The van der Waals surface area contributed by atoms with Crippen molar-refractivity contribution in [2.24, 2.45) is 5.92 Å². The maximum atomic E-state index is 9.60. The lowest BCUT2D eigenvalue weighted by Gasteiger charge is -2.15. The molecule has 1 aromatic heterocycles. The third-order valence-corrected chi connectivity index (χ3v) is 2.64. The first-order valence-corrected chi connectivity index (χ1v) is 4.89. The number of rotatable bonds is 1. The van der Waals surface area contributed by atoms with Crippen molar-refractivity contribution < 1.29 is 5.11 Å². The van der Waals surface area contributed by atoms with Gasteiger partial charge in [0.15, 0.2) is 0 Å². The monoisotopic (exact) mass is 193 g/mol. The highest BCUT2D eigenvalue weighted by Gasteiger charge is 2.29. The van der Waals surface area contributed by atoms with Gasteiger partial charge in [-0.3, -0.25) is 0 Å². The van der Waals surface area contributed by atoms with E-state index in [2.05, 4.69) is 9.97 Å². The Kier molecular flexibility index (Phi) is 2.37. The summed E-state index contributed by atoms with van der Waals surface area (Å²) < 4.78 is 0. The number of β-amino-alcohol motifs (C(OH)–C–C–N with tert-alkyl or cyclic N) is 1. The van der Waals surface area contributed by atoms with Crippen molar-refractivity contribution in [2.75, 3.05) is 18.0 Å². The van der Waals surface area contributed by atoms with E-state index in [0.717, 1.165) is 18.2 Å². The summed E-state index contributed by atoms with van der Waals surface area (Å²) in [5.74, 6) is 1.03. The molecule has 1 N–H and O–H groups in total. The topological polar surface area (TPSA) is 49.2 Å². The van der Waals surface area contributed by atoms with E-state index >= 15 is 0 Å². The molecule has 1 aromatic rings. The van der Waals surface area contributed by atoms with Gasteiger partial charge in [-0.2, -0.15) is 0 Å². The zero-order valence-electron chi connectivity index (χ0n) is 8.51. The molecule has 2 unspecified atom stereocenters. The molecule has 0 aliphatic carbocycles. The first-order chi connectivity index (χ1) is 6.66. The fourth-order valence-corrected chi connectivity index (χ4v) is 1.70. The van der Waals surface area contributed by atoms with Crippen LogP contribution in [0.15, 0.2) is 12.3 Å². The highest BCUT2D eigenvalue weighted by Crippen LogP contribution is 2.20. The van der Waals surface area contributed by atoms with E-state index in [-0.39, 0.29) is 6.10 Å². The van der Waals surface area contributed by atoms with Gasteiger partial charge in [0.1, 0.15) is 0 Å². The maximum Gasteiger partial charge on any atom is 0.225 e. The number of aliphatic hydroxyl groups excluding tert-OH is 1. The molecule has 1 aliphatic heterocycles. The van der Waals surface area contributed by atoms with Crippen molar-refractivity contribution in [3.8, 4) is 0 Å². The molecule has 14 heavy (non-hydrogen) atoms. The molecule has 4 nitrogen and oxygen atoms in total. The highest BCUT2D eigenvalue weighted by molar-refractivity contribution is 5.32. The van der Waals surface area contributed by atoms with Crippen molar-refractivity contribution in [3.63, 3.8) is 0 Å². The Morgan fingerprint density at radius 3 is 2.86 bits per heavy atom. The Balaban J connectivity index is 2.17. The van der Waals surface area contributed by atoms with Crippen LogP contribution < -0.4 is 4.90 Å². The van der Waals surface area contributed by atoms with E-state index in [1.165, 1.54) is 0 Å². The number of nitrogens with zero attached hydrogens (tertiary/aromatic N) is 3. The number of aliphatic hydroxyl groups is 1. The summed E-state index contributed by atoms with van der Waals surface area (Å²) in [6, 6.07) is 1.87. The molecule has 0 bridgehead atoms. The van der Waals surface area contributed by atoms with Crippen molar-refractivity contribution in [1.29, 1.82) is 0 Å². The zero-order chi connectivity index (χ0) is 10.1. The Hall–Kier alpha value is -1.16. The van der Waals surface area contributed by atoms with E-state index in [9.17, 15) is 5.11 Å². The molecule has 0 amide bonds. The molecular formula is C10H15N3O. The molecule has 4 heteroatoms. The SMILES string of the molecule is Cc1ccnc(N2CC(C)C(O)C2)n1. The molecular weight excluding hydrogens is 178 g/mol. The maximum absolute atomic E-state index is 9.60. The van der Waals surface area contributed by atoms with Crippen LogP contribution >= 0.6 is 0 Å². The lowest BCUT2D eigenvalue weighted by atomic mass is 10.1. The predicted molar refractivity (Wildman–Crippen MR) is 54.2 cm³/mol. The standard InChI is InChI=1S/C10H15N3O/c1-7-5-13(6-9(7)14)10-11-4-3-8(2)12-10/h3-4,7,9,14H,5-6H2,1-2H3. The smallest absolute Gasteiger partial charge is 0.225 e. The summed E-state index contributed by atoms with van der Waals surface area (Å²) in [6.45, 7) is 5.47. The first kappa shape index (κ1) is 9.40. The number of anilines is 1. The summed E-state index contributed by atoms with van der Waals surface area (Å²) in [5, 5.41) is 9.60. The van der Waals surface area contributed by atoms with Crippen LogP contribution in [0.1, 0.15) is 12.6 Å². The molecule has 0 radical (unpaired) electrons. The first-order valence-electron chi connectivity index (χ1n) is 4.89. The summed E-state index contributed by atoms with van der Waals surface area (Å²) in [6.07, 6.45) is 1.51. The average molecular weight is 193 g/mol. The van der Waals surface area contributed by atoms with E-state index < -0.39 is 0 Å². The van der Waals surface area contributed by atoms with Gasteiger partial charge in [0.05, 0.1) is 6.10 Å². The fourth-order valence-electron chi connectivity index (χ4n) is 1.70. The molecule has 1 fully saturated rings. The van der Waals surface area contributed by atoms with E-state index in [1.807, 2.05) is 24.8 Å². The summed E-state index contributed by atoms with van der Waals surface area (Å²) in [4.78, 5) is 10.6. The van der Waals surface area contributed by atoms with Gasteiger partial charge in [0.25, 0.3) is 0 Å². The van der Waals surface area contributed by atoms with Crippen LogP contribution in [0.2, 0.25) is 0 Å². The van der Waals surface area contributed by atoms with Gasteiger partial charge >= 0.3 is 0 Å². The molecule has 2 heterocycles. The molecule has 2 rings (SSSR count). The third kappa shape index (κ3) is 1.70. The number of aryl methyl sites for hydroxylation is 1. The van der Waals surface area contributed by atoms with Gasteiger partial charge in [-0.15, -0.1) is 0 Å². The second-order valence-corrected chi connectivity index (χ2v) is 3.95. The van der Waals surface area contributed by atoms with Gasteiger partial charge in [0.2, 0.25) is 5.95 Å². The second kappa shape index (κ2) is 3.53. The lowest BCUT2D eigenvalue weighted by Crippen LogP contribution is -2.23.